The number of halogens is 1. The van der Waals surface area contributed by atoms with Gasteiger partial charge in [-0.15, -0.1) is 0 Å². The van der Waals surface area contributed by atoms with Crippen LogP contribution in [0.2, 0.25) is 5.02 Å². The molecular formula is C18H20ClN2. The molecule has 1 atom stereocenters. The van der Waals surface area contributed by atoms with Gasteiger partial charge >= 0.3 is 0 Å². The van der Waals surface area contributed by atoms with Crippen LogP contribution in [0.5, 0.6) is 0 Å². The fraction of sp³-hybridized carbons (Fsp3) is 0.333. The Bertz CT molecular complexity index is 618. The zero-order valence-corrected chi connectivity index (χ0v) is 13.0. The molecule has 1 radical (unpaired) electrons. The molecule has 109 valence electrons. The first-order valence-electron chi connectivity index (χ1n) is 7.46. The molecule has 1 aliphatic heterocycles. The maximum Gasteiger partial charge on any atom is 0.0412 e. The van der Waals surface area contributed by atoms with Crippen LogP contribution in [-0.2, 0) is 5.41 Å². The molecule has 2 nitrogen and oxygen atoms in total. The summed E-state index contributed by atoms with van der Waals surface area (Å²) in [4.78, 5) is 4.47. The van der Waals surface area contributed by atoms with Crippen molar-refractivity contribution >= 4 is 11.6 Å². The Kier molecular flexibility index (Phi) is 4.27. The van der Waals surface area contributed by atoms with E-state index < -0.39 is 0 Å². The molecule has 1 aliphatic rings. The Hall–Kier alpha value is -1.38. The summed E-state index contributed by atoms with van der Waals surface area (Å²) in [6.45, 7) is 4.25. The molecule has 0 saturated carbocycles. The summed E-state index contributed by atoms with van der Waals surface area (Å²) in [5, 5.41) is 4.27. The highest BCUT2D eigenvalue weighted by Crippen LogP contribution is 2.35. The lowest BCUT2D eigenvalue weighted by atomic mass is 9.73. The maximum atomic E-state index is 6.10. The lowest BCUT2D eigenvalue weighted by Crippen LogP contribution is -2.43. The van der Waals surface area contributed by atoms with Crippen LogP contribution in [0.4, 0.5) is 0 Å². The van der Waals surface area contributed by atoms with E-state index in [1.165, 1.54) is 18.4 Å². The van der Waals surface area contributed by atoms with Crippen molar-refractivity contribution in [2.24, 2.45) is 0 Å². The Balaban J connectivity index is 1.99. The van der Waals surface area contributed by atoms with Gasteiger partial charge in [0.15, 0.2) is 0 Å². The first-order chi connectivity index (χ1) is 10.2. The number of piperidine rings is 1. The second kappa shape index (κ2) is 6.17. The van der Waals surface area contributed by atoms with Gasteiger partial charge in [0.25, 0.3) is 0 Å². The summed E-state index contributed by atoms with van der Waals surface area (Å²) in [5.41, 5.74) is 3.63. The summed E-state index contributed by atoms with van der Waals surface area (Å²) in [7, 11) is 0. The van der Waals surface area contributed by atoms with Gasteiger partial charge in [0.1, 0.15) is 0 Å². The average molecular weight is 300 g/mol. The van der Waals surface area contributed by atoms with Crippen LogP contribution in [0.15, 0.2) is 42.7 Å². The number of hydrogen-bond donors (Lipinski definition) is 1. The minimum absolute atomic E-state index is 0.0971. The summed E-state index contributed by atoms with van der Waals surface area (Å²) in [6, 6.07) is 10.2. The van der Waals surface area contributed by atoms with Gasteiger partial charge in [-0.1, -0.05) is 30.7 Å². The minimum Gasteiger partial charge on any atom is -0.316 e. The topological polar surface area (TPSA) is 24.9 Å². The van der Waals surface area contributed by atoms with Gasteiger partial charge in [0, 0.05) is 34.9 Å². The van der Waals surface area contributed by atoms with Crippen LogP contribution in [0, 0.1) is 6.42 Å². The smallest absolute Gasteiger partial charge is 0.0412 e. The molecule has 0 amide bonds. The van der Waals surface area contributed by atoms with E-state index in [1.807, 2.05) is 30.6 Å². The Labute approximate surface area is 131 Å². The van der Waals surface area contributed by atoms with Crippen LogP contribution in [0.3, 0.4) is 0 Å². The van der Waals surface area contributed by atoms with Gasteiger partial charge in [-0.25, -0.2) is 0 Å². The largest absolute Gasteiger partial charge is 0.316 e. The van der Waals surface area contributed by atoms with Gasteiger partial charge in [-0.2, -0.15) is 0 Å². The average Bonchev–Trinajstić information content (AvgIpc) is 2.55. The second-order valence-electron chi connectivity index (χ2n) is 5.70. The van der Waals surface area contributed by atoms with Crippen molar-refractivity contribution in [3.63, 3.8) is 0 Å². The Morgan fingerprint density at radius 2 is 2.14 bits per heavy atom. The predicted octanol–water partition coefficient (Wildman–Crippen LogP) is 4.25. The van der Waals surface area contributed by atoms with Gasteiger partial charge < -0.3 is 5.32 Å². The molecule has 0 bridgehead atoms. The van der Waals surface area contributed by atoms with Crippen molar-refractivity contribution < 1.29 is 0 Å². The van der Waals surface area contributed by atoms with E-state index in [0.29, 0.717) is 0 Å². The van der Waals surface area contributed by atoms with Crippen LogP contribution >= 0.6 is 11.6 Å². The maximum absolute atomic E-state index is 6.10. The molecule has 1 fully saturated rings. The summed E-state index contributed by atoms with van der Waals surface area (Å²) < 4.78 is 0. The van der Waals surface area contributed by atoms with E-state index in [2.05, 4.69) is 35.8 Å². The second-order valence-corrected chi connectivity index (χ2v) is 6.13. The third-order valence-corrected chi connectivity index (χ3v) is 4.68. The van der Waals surface area contributed by atoms with Crippen LogP contribution < -0.4 is 5.32 Å². The number of pyridine rings is 1. The lowest BCUT2D eigenvalue weighted by molar-refractivity contribution is 0.354. The lowest BCUT2D eigenvalue weighted by Gasteiger charge is -2.37. The van der Waals surface area contributed by atoms with Crippen molar-refractivity contribution in [3.8, 4) is 11.1 Å². The van der Waals surface area contributed by atoms with Crippen LogP contribution in [-0.4, -0.2) is 18.1 Å². The molecule has 21 heavy (non-hydrogen) atoms. The van der Waals surface area contributed by atoms with Crippen molar-refractivity contribution in [2.45, 2.75) is 25.2 Å². The standard InChI is InChI=1S/C18H20ClN2/c1-2-18(7-4-8-20-13-18)16-9-15(11-21-12-16)14-5-3-6-17(19)10-14/h2-3,5-6,9-12,20H,4,7-8,13H2,1H3. The van der Waals surface area contributed by atoms with E-state index in [0.717, 1.165) is 29.2 Å². The predicted molar refractivity (Wildman–Crippen MR) is 88.4 cm³/mol. The van der Waals surface area contributed by atoms with Crippen LogP contribution in [0.1, 0.15) is 25.3 Å². The van der Waals surface area contributed by atoms with E-state index in [9.17, 15) is 0 Å². The number of rotatable bonds is 3. The fourth-order valence-corrected chi connectivity index (χ4v) is 3.32. The third kappa shape index (κ3) is 2.97. The van der Waals surface area contributed by atoms with Gasteiger partial charge in [-0.05, 0) is 55.1 Å². The minimum atomic E-state index is 0.0971. The molecule has 1 saturated heterocycles. The third-order valence-electron chi connectivity index (χ3n) is 4.44. The molecule has 1 aromatic carbocycles. The summed E-state index contributed by atoms with van der Waals surface area (Å²) in [5.74, 6) is 0. The molecule has 1 N–H and O–H groups in total. The highest BCUT2D eigenvalue weighted by Gasteiger charge is 2.32. The molecule has 0 spiro atoms. The highest BCUT2D eigenvalue weighted by molar-refractivity contribution is 6.30. The van der Waals surface area contributed by atoms with Gasteiger partial charge in [0.2, 0.25) is 0 Å². The van der Waals surface area contributed by atoms with E-state index in [4.69, 9.17) is 11.6 Å². The quantitative estimate of drug-likeness (QED) is 0.916. The van der Waals surface area contributed by atoms with Crippen molar-refractivity contribution in [2.75, 3.05) is 13.1 Å². The van der Waals surface area contributed by atoms with Crippen LogP contribution in [0.25, 0.3) is 11.1 Å². The Morgan fingerprint density at radius 3 is 2.86 bits per heavy atom. The van der Waals surface area contributed by atoms with E-state index in [-0.39, 0.29) is 5.41 Å². The van der Waals surface area contributed by atoms with E-state index >= 15 is 0 Å². The molecule has 1 unspecified atom stereocenters. The van der Waals surface area contributed by atoms with Crippen molar-refractivity contribution in [1.82, 2.24) is 10.3 Å². The zero-order chi connectivity index (χ0) is 14.7. The van der Waals surface area contributed by atoms with Crippen molar-refractivity contribution in [3.05, 3.63) is 59.7 Å². The Morgan fingerprint density at radius 1 is 1.24 bits per heavy atom. The number of nitrogens with zero attached hydrogens (tertiary/aromatic N) is 1. The molecule has 2 aromatic rings. The molecule has 2 heterocycles. The summed E-state index contributed by atoms with van der Waals surface area (Å²) in [6.07, 6.45) is 8.61. The first-order valence-corrected chi connectivity index (χ1v) is 7.84. The fourth-order valence-electron chi connectivity index (χ4n) is 3.13. The molecule has 0 aliphatic carbocycles. The molecule has 1 aromatic heterocycles. The highest BCUT2D eigenvalue weighted by atomic mass is 35.5. The summed E-state index contributed by atoms with van der Waals surface area (Å²) >= 11 is 6.10. The monoisotopic (exact) mass is 299 g/mol. The van der Waals surface area contributed by atoms with Gasteiger partial charge in [-0.3, -0.25) is 4.98 Å². The van der Waals surface area contributed by atoms with Gasteiger partial charge in [0.05, 0.1) is 0 Å². The number of benzene rings is 1. The normalized spacial score (nSPS) is 22.2. The van der Waals surface area contributed by atoms with E-state index in [1.54, 1.807) is 0 Å². The van der Waals surface area contributed by atoms with Crippen molar-refractivity contribution in [1.29, 1.82) is 0 Å². The number of aromatic nitrogens is 1. The number of nitrogens with one attached hydrogen (secondary N) is 1. The molecular weight excluding hydrogens is 280 g/mol. The zero-order valence-electron chi connectivity index (χ0n) is 12.3. The first kappa shape index (κ1) is 14.6. The molecule has 3 rings (SSSR count). The molecule has 3 heteroatoms. The number of hydrogen-bond acceptors (Lipinski definition) is 2. The SMILES string of the molecule is C[CH]C1(c2cncc(-c3cccc(Cl)c3)c2)CCCNC1.